The van der Waals surface area contributed by atoms with E-state index in [1.807, 2.05) is 0 Å². The van der Waals surface area contributed by atoms with Crippen LogP contribution in [0.25, 0.3) is 0 Å². The second-order valence-corrected chi connectivity index (χ2v) is 4.61. The molecular formula is C12H25N3. The Balaban J connectivity index is 2.40. The third-order valence-corrected chi connectivity index (χ3v) is 2.71. The predicted octanol–water partition coefficient (Wildman–Crippen LogP) is 2.09. The molecule has 0 aliphatic carbocycles. The molecule has 3 heteroatoms. The second kappa shape index (κ2) is 6.70. The monoisotopic (exact) mass is 211 g/mol. The van der Waals surface area contributed by atoms with Gasteiger partial charge in [0.15, 0.2) is 5.96 Å². The van der Waals surface area contributed by atoms with Gasteiger partial charge in [0.2, 0.25) is 0 Å². The minimum absolute atomic E-state index is 0.746. The molecule has 0 aromatic rings. The minimum Gasteiger partial charge on any atom is -0.357 e. The van der Waals surface area contributed by atoms with Crippen LogP contribution in [0, 0.1) is 5.92 Å². The average Bonchev–Trinajstić information content (AvgIpc) is 2.68. The fourth-order valence-electron chi connectivity index (χ4n) is 1.78. The number of guanidine groups is 1. The lowest BCUT2D eigenvalue weighted by Gasteiger charge is -2.20. The van der Waals surface area contributed by atoms with Crippen molar-refractivity contribution in [2.45, 2.75) is 40.0 Å². The number of aliphatic imine (C=N–C) groups is 1. The number of rotatable bonds is 4. The first kappa shape index (κ1) is 12.3. The van der Waals surface area contributed by atoms with Crippen LogP contribution in [0.5, 0.6) is 0 Å². The number of nitrogens with one attached hydrogen (secondary N) is 1. The van der Waals surface area contributed by atoms with Crippen molar-refractivity contribution < 1.29 is 0 Å². The van der Waals surface area contributed by atoms with E-state index in [1.54, 1.807) is 0 Å². The first-order valence-electron chi connectivity index (χ1n) is 6.27. The molecule has 0 bridgehead atoms. The summed E-state index contributed by atoms with van der Waals surface area (Å²) in [6.45, 7) is 10.9. The summed E-state index contributed by atoms with van der Waals surface area (Å²) >= 11 is 0. The van der Waals surface area contributed by atoms with Crippen LogP contribution < -0.4 is 5.32 Å². The Kier molecular flexibility index (Phi) is 5.51. The van der Waals surface area contributed by atoms with Gasteiger partial charge in [0.05, 0.1) is 0 Å². The Hall–Kier alpha value is -0.730. The summed E-state index contributed by atoms with van der Waals surface area (Å²) in [5.74, 6) is 1.87. The molecule has 0 unspecified atom stereocenters. The van der Waals surface area contributed by atoms with E-state index in [2.05, 4.69) is 36.0 Å². The average molecular weight is 211 g/mol. The fraction of sp³-hybridized carbons (Fsp3) is 0.917. The molecule has 0 amide bonds. The van der Waals surface area contributed by atoms with E-state index in [-0.39, 0.29) is 0 Å². The predicted molar refractivity (Wildman–Crippen MR) is 66.2 cm³/mol. The summed E-state index contributed by atoms with van der Waals surface area (Å²) in [5.41, 5.74) is 0. The van der Waals surface area contributed by atoms with Crippen LogP contribution in [0.15, 0.2) is 4.99 Å². The molecule has 0 radical (unpaired) electrons. The molecule has 1 aliphatic rings. The summed E-state index contributed by atoms with van der Waals surface area (Å²) < 4.78 is 0. The van der Waals surface area contributed by atoms with Crippen LogP contribution in [0.3, 0.4) is 0 Å². The van der Waals surface area contributed by atoms with Gasteiger partial charge in [0.25, 0.3) is 0 Å². The van der Waals surface area contributed by atoms with Gasteiger partial charge in [-0.25, -0.2) is 0 Å². The molecule has 1 fully saturated rings. The summed E-state index contributed by atoms with van der Waals surface area (Å²) in [5, 5.41) is 3.37. The van der Waals surface area contributed by atoms with E-state index < -0.39 is 0 Å². The Morgan fingerprint density at radius 3 is 2.53 bits per heavy atom. The molecule has 0 saturated carbocycles. The lowest BCUT2D eigenvalue weighted by molar-refractivity contribution is 0.490. The molecule has 0 aromatic carbocycles. The lowest BCUT2D eigenvalue weighted by Crippen LogP contribution is -2.39. The van der Waals surface area contributed by atoms with E-state index in [1.165, 1.54) is 32.4 Å². The molecule has 1 N–H and O–H groups in total. The SMILES string of the molecule is CCNC(=NCCC(C)C)N1CCCC1. The molecule has 0 atom stereocenters. The van der Waals surface area contributed by atoms with Crippen LogP contribution in [0.2, 0.25) is 0 Å². The van der Waals surface area contributed by atoms with Crippen LogP contribution in [0.4, 0.5) is 0 Å². The van der Waals surface area contributed by atoms with Gasteiger partial charge in [-0.1, -0.05) is 13.8 Å². The standard InChI is InChI=1S/C12H25N3/c1-4-13-12(14-8-7-11(2)3)15-9-5-6-10-15/h11H,4-10H2,1-3H3,(H,13,14). The maximum Gasteiger partial charge on any atom is 0.193 e. The highest BCUT2D eigenvalue weighted by atomic mass is 15.3. The zero-order valence-corrected chi connectivity index (χ0v) is 10.4. The molecule has 1 heterocycles. The largest absolute Gasteiger partial charge is 0.357 e. The molecule has 15 heavy (non-hydrogen) atoms. The van der Waals surface area contributed by atoms with Crippen molar-refractivity contribution >= 4 is 5.96 Å². The normalized spacial score (nSPS) is 17.6. The minimum atomic E-state index is 0.746. The van der Waals surface area contributed by atoms with Gasteiger partial charge in [-0.2, -0.15) is 0 Å². The number of likely N-dealkylation sites (tertiary alicyclic amines) is 1. The molecule has 3 nitrogen and oxygen atoms in total. The van der Waals surface area contributed by atoms with E-state index in [0.29, 0.717) is 0 Å². The topological polar surface area (TPSA) is 27.6 Å². The first-order chi connectivity index (χ1) is 7.24. The molecule has 1 saturated heterocycles. The Labute approximate surface area is 94.0 Å². The summed E-state index contributed by atoms with van der Waals surface area (Å²) in [6.07, 6.45) is 3.81. The number of nitrogens with zero attached hydrogens (tertiary/aromatic N) is 2. The highest BCUT2D eigenvalue weighted by Gasteiger charge is 2.14. The van der Waals surface area contributed by atoms with Crippen molar-refractivity contribution in [3.8, 4) is 0 Å². The van der Waals surface area contributed by atoms with Crippen LogP contribution in [-0.2, 0) is 0 Å². The third kappa shape index (κ3) is 4.54. The Morgan fingerprint density at radius 1 is 1.33 bits per heavy atom. The highest BCUT2D eigenvalue weighted by molar-refractivity contribution is 5.80. The smallest absolute Gasteiger partial charge is 0.193 e. The van der Waals surface area contributed by atoms with Crippen LogP contribution in [-0.4, -0.2) is 37.0 Å². The first-order valence-corrected chi connectivity index (χ1v) is 6.27. The fourth-order valence-corrected chi connectivity index (χ4v) is 1.78. The van der Waals surface area contributed by atoms with Crippen molar-refractivity contribution in [3.63, 3.8) is 0 Å². The van der Waals surface area contributed by atoms with Gasteiger partial charge in [0, 0.05) is 26.2 Å². The maximum absolute atomic E-state index is 4.67. The van der Waals surface area contributed by atoms with Gasteiger partial charge in [-0.15, -0.1) is 0 Å². The van der Waals surface area contributed by atoms with Crippen LogP contribution >= 0.6 is 0 Å². The lowest BCUT2D eigenvalue weighted by atomic mass is 10.1. The number of hydrogen-bond donors (Lipinski definition) is 1. The van der Waals surface area contributed by atoms with Gasteiger partial charge >= 0.3 is 0 Å². The molecule has 1 rings (SSSR count). The van der Waals surface area contributed by atoms with Gasteiger partial charge in [0.1, 0.15) is 0 Å². The molecule has 88 valence electrons. The zero-order valence-electron chi connectivity index (χ0n) is 10.4. The van der Waals surface area contributed by atoms with Crippen molar-refractivity contribution in [2.75, 3.05) is 26.2 Å². The van der Waals surface area contributed by atoms with Crippen molar-refractivity contribution in [1.82, 2.24) is 10.2 Å². The summed E-state index contributed by atoms with van der Waals surface area (Å²) in [4.78, 5) is 7.05. The second-order valence-electron chi connectivity index (χ2n) is 4.61. The van der Waals surface area contributed by atoms with E-state index in [4.69, 9.17) is 0 Å². The Morgan fingerprint density at radius 2 is 2.00 bits per heavy atom. The van der Waals surface area contributed by atoms with Crippen molar-refractivity contribution in [2.24, 2.45) is 10.9 Å². The molecule has 0 spiro atoms. The number of hydrogen-bond acceptors (Lipinski definition) is 1. The zero-order chi connectivity index (χ0) is 11.1. The third-order valence-electron chi connectivity index (χ3n) is 2.71. The van der Waals surface area contributed by atoms with Gasteiger partial charge in [-0.3, -0.25) is 4.99 Å². The summed E-state index contributed by atoms with van der Waals surface area (Å²) in [7, 11) is 0. The van der Waals surface area contributed by atoms with Crippen molar-refractivity contribution in [1.29, 1.82) is 0 Å². The van der Waals surface area contributed by atoms with Crippen molar-refractivity contribution in [3.05, 3.63) is 0 Å². The maximum atomic E-state index is 4.67. The quantitative estimate of drug-likeness (QED) is 0.569. The molecule has 0 aromatic heterocycles. The van der Waals surface area contributed by atoms with E-state index in [0.717, 1.165) is 25.0 Å². The van der Waals surface area contributed by atoms with E-state index >= 15 is 0 Å². The summed E-state index contributed by atoms with van der Waals surface area (Å²) in [6, 6.07) is 0. The van der Waals surface area contributed by atoms with Gasteiger partial charge < -0.3 is 10.2 Å². The Bertz CT molecular complexity index is 193. The highest BCUT2D eigenvalue weighted by Crippen LogP contribution is 2.08. The van der Waals surface area contributed by atoms with E-state index in [9.17, 15) is 0 Å². The molecular weight excluding hydrogens is 186 g/mol. The van der Waals surface area contributed by atoms with Crippen LogP contribution in [0.1, 0.15) is 40.0 Å². The molecule has 1 aliphatic heterocycles. The van der Waals surface area contributed by atoms with Gasteiger partial charge in [-0.05, 0) is 32.1 Å².